The van der Waals surface area contributed by atoms with Gasteiger partial charge >= 0.3 is 0 Å². The highest BCUT2D eigenvalue weighted by molar-refractivity contribution is 6.02. The number of fused-ring (bicyclic) bond motifs is 1. The zero-order chi connectivity index (χ0) is 19.9. The van der Waals surface area contributed by atoms with E-state index in [0.717, 1.165) is 22.1 Å². The van der Waals surface area contributed by atoms with Crippen LogP contribution in [0.3, 0.4) is 0 Å². The molecule has 0 spiro atoms. The summed E-state index contributed by atoms with van der Waals surface area (Å²) in [6.45, 7) is 4.17. The smallest absolute Gasteiger partial charge is 0.277 e. The summed E-state index contributed by atoms with van der Waals surface area (Å²) < 4.78 is 10.9. The number of hydrazone groups is 1. The van der Waals surface area contributed by atoms with Crippen molar-refractivity contribution >= 4 is 22.9 Å². The molecule has 0 fully saturated rings. The molecule has 0 aliphatic heterocycles. The van der Waals surface area contributed by atoms with Gasteiger partial charge in [-0.3, -0.25) is 4.79 Å². The molecule has 0 aliphatic carbocycles. The van der Waals surface area contributed by atoms with Gasteiger partial charge in [0.2, 0.25) is 0 Å². The van der Waals surface area contributed by atoms with Crippen LogP contribution in [0.1, 0.15) is 30.9 Å². The minimum Gasteiger partial charge on any atom is -0.496 e. The normalized spacial score (nSPS) is 11.1. The summed E-state index contributed by atoms with van der Waals surface area (Å²) in [7, 11) is 1.64. The maximum Gasteiger partial charge on any atom is 0.277 e. The first kappa shape index (κ1) is 19.4. The highest BCUT2D eigenvalue weighted by Crippen LogP contribution is 2.27. The lowest BCUT2D eigenvalue weighted by molar-refractivity contribution is -0.123. The molecule has 0 saturated carbocycles. The molecule has 0 atom stereocenters. The molecule has 0 saturated heterocycles. The number of hydrogen-bond acceptors (Lipinski definition) is 4. The second-order valence-corrected chi connectivity index (χ2v) is 6.71. The zero-order valence-corrected chi connectivity index (χ0v) is 16.3. The van der Waals surface area contributed by atoms with Gasteiger partial charge in [0.05, 0.1) is 13.3 Å². The van der Waals surface area contributed by atoms with E-state index in [1.807, 2.05) is 60.7 Å². The topological polar surface area (TPSA) is 59.9 Å². The Balaban J connectivity index is 1.59. The van der Waals surface area contributed by atoms with E-state index < -0.39 is 0 Å². The van der Waals surface area contributed by atoms with Crippen LogP contribution in [0.4, 0.5) is 0 Å². The highest BCUT2D eigenvalue weighted by atomic mass is 16.5. The number of rotatable bonds is 7. The van der Waals surface area contributed by atoms with Crippen molar-refractivity contribution in [2.24, 2.45) is 5.10 Å². The molecular formula is C23H24N2O3. The van der Waals surface area contributed by atoms with E-state index in [-0.39, 0.29) is 12.5 Å². The lowest BCUT2D eigenvalue weighted by atomic mass is 10.0. The largest absolute Gasteiger partial charge is 0.496 e. The molecule has 0 bridgehead atoms. The predicted octanol–water partition coefficient (Wildman–Crippen LogP) is 4.50. The van der Waals surface area contributed by atoms with Gasteiger partial charge in [-0.2, -0.15) is 5.10 Å². The fourth-order valence-corrected chi connectivity index (χ4v) is 2.89. The van der Waals surface area contributed by atoms with Crippen LogP contribution in [0.25, 0.3) is 10.8 Å². The van der Waals surface area contributed by atoms with Gasteiger partial charge in [0.1, 0.15) is 11.5 Å². The average molecular weight is 376 g/mol. The lowest BCUT2D eigenvalue weighted by Crippen LogP contribution is -2.24. The molecule has 5 heteroatoms. The Hall–Kier alpha value is -3.34. The molecule has 0 aromatic heterocycles. The number of benzene rings is 3. The summed E-state index contributed by atoms with van der Waals surface area (Å²) in [4.78, 5) is 12.0. The Morgan fingerprint density at radius 1 is 1.04 bits per heavy atom. The Morgan fingerprint density at radius 3 is 2.43 bits per heavy atom. The number of hydrogen-bond donors (Lipinski definition) is 1. The van der Waals surface area contributed by atoms with Gasteiger partial charge in [-0.1, -0.05) is 50.2 Å². The molecule has 5 nitrogen and oxygen atoms in total. The second kappa shape index (κ2) is 9.04. The number of amides is 1. The molecule has 3 aromatic rings. The van der Waals surface area contributed by atoms with E-state index in [1.165, 1.54) is 5.56 Å². The number of methoxy groups -OCH3 is 1. The fourth-order valence-electron chi connectivity index (χ4n) is 2.89. The number of carbonyl (C=O) groups excluding carboxylic acids is 1. The van der Waals surface area contributed by atoms with Crippen molar-refractivity contribution in [1.29, 1.82) is 0 Å². The maximum atomic E-state index is 12.0. The third-order valence-electron chi connectivity index (χ3n) is 4.45. The summed E-state index contributed by atoms with van der Waals surface area (Å²) in [5.41, 5.74) is 4.62. The van der Waals surface area contributed by atoms with Crippen LogP contribution in [0.15, 0.2) is 65.8 Å². The molecule has 3 aromatic carbocycles. The summed E-state index contributed by atoms with van der Waals surface area (Å²) in [6.07, 6.45) is 1.62. The van der Waals surface area contributed by atoms with Gasteiger partial charge in [-0.15, -0.1) is 0 Å². The molecule has 0 unspecified atom stereocenters. The van der Waals surface area contributed by atoms with Crippen molar-refractivity contribution in [3.05, 3.63) is 71.8 Å². The van der Waals surface area contributed by atoms with Crippen LogP contribution in [0, 0.1) is 0 Å². The van der Waals surface area contributed by atoms with Gasteiger partial charge in [0, 0.05) is 10.9 Å². The molecule has 0 heterocycles. The zero-order valence-electron chi connectivity index (χ0n) is 16.3. The molecule has 0 aliphatic rings. The van der Waals surface area contributed by atoms with E-state index in [1.54, 1.807) is 13.3 Å². The Labute approximate surface area is 165 Å². The van der Waals surface area contributed by atoms with Crippen LogP contribution < -0.4 is 14.9 Å². The van der Waals surface area contributed by atoms with Crippen molar-refractivity contribution in [2.75, 3.05) is 13.7 Å². The van der Waals surface area contributed by atoms with Gasteiger partial charge in [0.15, 0.2) is 6.61 Å². The summed E-state index contributed by atoms with van der Waals surface area (Å²) in [6, 6.07) is 19.4. The van der Waals surface area contributed by atoms with Crippen LogP contribution >= 0.6 is 0 Å². The summed E-state index contributed by atoms with van der Waals surface area (Å²) >= 11 is 0. The summed E-state index contributed by atoms with van der Waals surface area (Å²) in [5, 5.41) is 6.05. The quantitative estimate of drug-likeness (QED) is 0.488. The lowest BCUT2D eigenvalue weighted by Gasteiger charge is -2.08. The fraction of sp³-hybridized carbons (Fsp3) is 0.217. The Bertz CT molecular complexity index is 979. The monoisotopic (exact) mass is 376 g/mol. The molecule has 1 N–H and O–H groups in total. The standard InChI is InChI=1S/C23H24N2O3/c1-16(2)17-8-11-19(12-9-17)28-15-23(26)25-24-14-18-10-13-22(27-3)21-7-5-4-6-20(18)21/h4-14,16H,15H2,1-3H3,(H,25,26). The number of nitrogens with zero attached hydrogens (tertiary/aromatic N) is 1. The van der Waals surface area contributed by atoms with Crippen LogP contribution in [-0.2, 0) is 4.79 Å². The van der Waals surface area contributed by atoms with Crippen LogP contribution in [-0.4, -0.2) is 25.8 Å². The van der Waals surface area contributed by atoms with E-state index in [0.29, 0.717) is 11.7 Å². The van der Waals surface area contributed by atoms with E-state index in [9.17, 15) is 4.79 Å². The van der Waals surface area contributed by atoms with Crippen molar-refractivity contribution < 1.29 is 14.3 Å². The third-order valence-corrected chi connectivity index (χ3v) is 4.45. The van der Waals surface area contributed by atoms with Crippen LogP contribution in [0.2, 0.25) is 0 Å². The van der Waals surface area contributed by atoms with E-state index in [2.05, 4.69) is 24.4 Å². The molecule has 0 radical (unpaired) electrons. The van der Waals surface area contributed by atoms with E-state index >= 15 is 0 Å². The Kier molecular flexibility index (Phi) is 6.27. The predicted molar refractivity (Wildman–Crippen MR) is 112 cm³/mol. The van der Waals surface area contributed by atoms with E-state index in [4.69, 9.17) is 9.47 Å². The van der Waals surface area contributed by atoms with Gasteiger partial charge in [-0.05, 0) is 41.1 Å². The first-order valence-corrected chi connectivity index (χ1v) is 9.19. The van der Waals surface area contributed by atoms with Gasteiger partial charge in [0.25, 0.3) is 5.91 Å². The molecule has 28 heavy (non-hydrogen) atoms. The van der Waals surface area contributed by atoms with Gasteiger partial charge in [-0.25, -0.2) is 5.43 Å². The SMILES string of the molecule is COc1ccc(C=NNC(=O)COc2ccc(C(C)C)cc2)c2ccccc12. The highest BCUT2D eigenvalue weighted by Gasteiger charge is 2.05. The Morgan fingerprint density at radius 2 is 1.75 bits per heavy atom. The molecule has 3 rings (SSSR count). The average Bonchev–Trinajstić information content (AvgIpc) is 2.72. The maximum absolute atomic E-state index is 12.0. The van der Waals surface area contributed by atoms with Crippen LogP contribution in [0.5, 0.6) is 11.5 Å². The van der Waals surface area contributed by atoms with Crippen molar-refractivity contribution in [3.63, 3.8) is 0 Å². The summed E-state index contributed by atoms with van der Waals surface area (Å²) in [5.74, 6) is 1.60. The first-order valence-electron chi connectivity index (χ1n) is 9.19. The number of ether oxygens (including phenoxy) is 2. The third kappa shape index (κ3) is 4.68. The minimum absolute atomic E-state index is 0.0955. The van der Waals surface area contributed by atoms with Crippen molar-refractivity contribution in [1.82, 2.24) is 5.43 Å². The molecular weight excluding hydrogens is 352 g/mol. The van der Waals surface area contributed by atoms with Crippen molar-refractivity contribution in [2.45, 2.75) is 19.8 Å². The molecule has 144 valence electrons. The number of nitrogens with one attached hydrogen (secondary N) is 1. The minimum atomic E-state index is -0.318. The van der Waals surface area contributed by atoms with Gasteiger partial charge < -0.3 is 9.47 Å². The second-order valence-electron chi connectivity index (χ2n) is 6.71. The molecule has 1 amide bonds. The van der Waals surface area contributed by atoms with Crippen molar-refractivity contribution in [3.8, 4) is 11.5 Å². The number of carbonyl (C=O) groups is 1. The first-order chi connectivity index (χ1) is 13.6.